The van der Waals surface area contributed by atoms with E-state index in [9.17, 15) is 9.18 Å². The molecule has 0 aliphatic heterocycles. The van der Waals surface area contributed by atoms with E-state index in [0.29, 0.717) is 22.4 Å². The third kappa shape index (κ3) is 3.18. The van der Waals surface area contributed by atoms with Crippen molar-refractivity contribution >= 4 is 43.4 Å². The number of hydrogen-bond acceptors (Lipinski definition) is 2. The monoisotopic (exact) mass is 390 g/mol. The summed E-state index contributed by atoms with van der Waals surface area (Å²) in [6.07, 6.45) is 1.65. The van der Waals surface area contributed by atoms with Gasteiger partial charge < -0.3 is 4.57 Å². The number of nitrogens with zero attached hydrogens (tertiary/aromatic N) is 2. The molecule has 0 saturated heterocycles. The Bertz CT molecular complexity index is 974. The third-order valence-corrected chi connectivity index (χ3v) is 4.77. The number of fused-ring (bicyclic) bond motifs is 1. The molecule has 1 aromatic heterocycles. The lowest BCUT2D eigenvalue weighted by Gasteiger charge is -2.02. The minimum atomic E-state index is -0.365. The molecule has 0 spiro atoms. The predicted octanol–water partition coefficient (Wildman–Crippen LogP) is 4.53. The van der Waals surface area contributed by atoms with Crippen LogP contribution < -0.4 is 4.80 Å². The van der Waals surface area contributed by atoms with Gasteiger partial charge in [-0.2, -0.15) is 4.99 Å². The highest BCUT2D eigenvalue weighted by molar-refractivity contribution is 9.10. The smallest absolute Gasteiger partial charge is 0.279 e. The molecule has 0 atom stereocenters. The number of para-hydroxylation sites is 1. The second-order valence-corrected chi connectivity index (χ2v) is 6.72. The summed E-state index contributed by atoms with van der Waals surface area (Å²) in [5, 5.41) is 0. The first-order chi connectivity index (χ1) is 11.1. The summed E-state index contributed by atoms with van der Waals surface area (Å²) in [4.78, 5) is 17.0. The number of carbonyl (C=O) groups is 1. The van der Waals surface area contributed by atoms with Crippen molar-refractivity contribution in [3.63, 3.8) is 0 Å². The van der Waals surface area contributed by atoms with Crippen LogP contribution in [0.4, 0.5) is 4.39 Å². The zero-order chi connectivity index (χ0) is 16.4. The SMILES string of the molecule is C=CCn1c(=NC(=O)c2cccc(Br)c2)sc2cccc(F)c21. The van der Waals surface area contributed by atoms with Crippen molar-refractivity contribution in [1.29, 1.82) is 0 Å². The molecule has 6 heteroatoms. The topological polar surface area (TPSA) is 34.4 Å². The number of benzene rings is 2. The molecular weight excluding hydrogens is 379 g/mol. The summed E-state index contributed by atoms with van der Waals surface area (Å²) in [5.74, 6) is -0.701. The number of thiazole rings is 1. The highest BCUT2D eigenvalue weighted by Gasteiger charge is 2.11. The Morgan fingerprint density at radius 2 is 2.13 bits per heavy atom. The van der Waals surface area contributed by atoms with Crippen LogP contribution in [0.15, 0.2) is 64.6 Å². The van der Waals surface area contributed by atoms with Crippen LogP contribution in [-0.4, -0.2) is 10.5 Å². The van der Waals surface area contributed by atoms with Crippen molar-refractivity contribution in [1.82, 2.24) is 4.57 Å². The number of hydrogen-bond donors (Lipinski definition) is 0. The first-order valence-corrected chi connectivity index (χ1v) is 8.44. The molecule has 3 nitrogen and oxygen atoms in total. The van der Waals surface area contributed by atoms with Gasteiger partial charge in [-0.15, -0.1) is 6.58 Å². The van der Waals surface area contributed by atoms with Crippen LogP contribution in [0.25, 0.3) is 10.2 Å². The van der Waals surface area contributed by atoms with E-state index in [1.54, 1.807) is 34.9 Å². The van der Waals surface area contributed by atoms with E-state index in [0.717, 1.165) is 9.17 Å². The molecule has 23 heavy (non-hydrogen) atoms. The number of rotatable bonds is 3. The van der Waals surface area contributed by atoms with Crippen LogP contribution in [-0.2, 0) is 6.54 Å². The Kier molecular flexibility index (Phi) is 4.54. The second-order valence-electron chi connectivity index (χ2n) is 4.80. The van der Waals surface area contributed by atoms with Crippen molar-refractivity contribution in [3.8, 4) is 0 Å². The average Bonchev–Trinajstić information content (AvgIpc) is 2.86. The zero-order valence-corrected chi connectivity index (χ0v) is 14.4. The summed E-state index contributed by atoms with van der Waals surface area (Å²) in [6, 6.07) is 11.9. The fourth-order valence-electron chi connectivity index (χ4n) is 2.24. The number of halogens is 2. The summed E-state index contributed by atoms with van der Waals surface area (Å²) < 4.78 is 17.3. The quantitative estimate of drug-likeness (QED) is 0.604. The lowest BCUT2D eigenvalue weighted by molar-refractivity contribution is 0.0998. The van der Waals surface area contributed by atoms with E-state index in [2.05, 4.69) is 27.5 Å². The van der Waals surface area contributed by atoms with Gasteiger partial charge in [-0.1, -0.05) is 45.5 Å². The molecule has 0 N–H and O–H groups in total. The molecule has 0 radical (unpaired) electrons. The van der Waals surface area contributed by atoms with Crippen molar-refractivity contribution in [2.75, 3.05) is 0 Å². The van der Waals surface area contributed by atoms with Gasteiger partial charge in [0.25, 0.3) is 5.91 Å². The van der Waals surface area contributed by atoms with Gasteiger partial charge in [0.1, 0.15) is 5.82 Å². The predicted molar refractivity (Wildman–Crippen MR) is 94.0 cm³/mol. The maximum Gasteiger partial charge on any atom is 0.279 e. The second kappa shape index (κ2) is 6.60. The molecule has 3 rings (SSSR count). The summed E-state index contributed by atoms with van der Waals surface area (Å²) in [7, 11) is 0. The minimum absolute atomic E-state index is 0.336. The number of aromatic nitrogens is 1. The van der Waals surface area contributed by atoms with Crippen LogP contribution in [0, 0.1) is 5.82 Å². The third-order valence-electron chi connectivity index (χ3n) is 3.23. The Balaban J connectivity index is 2.18. The van der Waals surface area contributed by atoms with Gasteiger partial charge >= 0.3 is 0 Å². The fourth-order valence-corrected chi connectivity index (χ4v) is 3.70. The van der Waals surface area contributed by atoms with Crippen molar-refractivity contribution < 1.29 is 9.18 Å². The van der Waals surface area contributed by atoms with Crippen LogP contribution in [0.5, 0.6) is 0 Å². The molecule has 116 valence electrons. The fraction of sp³-hybridized carbons (Fsp3) is 0.0588. The van der Waals surface area contributed by atoms with E-state index in [4.69, 9.17) is 0 Å². The molecule has 0 saturated carbocycles. The highest BCUT2D eigenvalue weighted by atomic mass is 79.9. The van der Waals surface area contributed by atoms with Gasteiger partial charge in [0.2, 0.25) is 0 Å². The van der Waals surface area contributed by atoms with Crippen LogP contribution in [0.2, 0.25) is 0 Å². The van der Waals surface area contributed by atoms with Crippen molar-refractivity contribution in [3.05, 3.63) is 75.8 Å². The maximum absolute atomic E-state index is 14.1. The van der Waals surface area contributed by atoms with Gasteiger partial charge in [0.15, 0.2) is 4.80 Å². The number of allylic oxidation sites excluding steroid dienone is 1. The lowest BCUT2D eigenvalue weighted by Crippen LogP contribution is -2.16. The molecule has 0 aliphatic rings. The van der Waals surface area contributed by atoms with Crippen LogP contribution in [0.3, 0.4) is 0 Å². The number of carbonyl (C=O) groups excluding carboxylic acids is 1. The standard InChI is InChI=1S/C17H12BrFN2OS/c1-2-9-21-15-13(19)7-4-8-14(15)23-17(21)20-16(22)11-5-3-6-12(18)10-11/h2-8,10H,1,9H2. The molecular formula is C17H12BrFN2OS. The molecule has 0 unspecified atom stereocenters. The Hall–Kier alpha value is -2.05. The molecule has 0 bridgehead atoms. The molecule has 0 aliphatic carbocycles. The normalized spacial score (nSPS) is 11.8. The summed E-state index contributed by atoms with van der Waals surface area (Å²) in [5.41, 5.74) is 0.917. The molecule has 2 aromatic carbocycles. The van der Waals surface area contributed by atoms with Crippen LogP contribution >= 0.6 is 27.3 Å². The van der Waals surface area contributed by atoms with Gasteiger partial charge in [-0.05, 0) is 30.3 Å². The van der Waals surface area contributed by atoms with E-state index < -0.39 is 0 Å². The Morgan fingerprint density at radius 3 is 2.87 bits per heavy atom. The summed E-state index contributed by atoms with van der Waals surface area (Å²) >= 11 is 4.61. The first-order valence-electron chi connectivity index (χ1n) is 6.83. The first kappa shape index (κ1) is 15.8. The zero-order valence-electron chi connectivity index (χ0n) is 12.0. The number of amides is 1. The van der Waals surface area contributed by atoms with E-state index >= 15 is 0 Å². The largest absolute Gasteiger partial charge is 0.310 e. The summed E-state index contributed by atoms with van der Waals surface area (Å²) in [6.45, 7) is 4.07. The molecule has 1 amide bonds. The Morgan fingerprint density at radius 1 is 1.35 bits per heavy atom. The van der Waals surface area contributed by atoms with Crippen LogP contribution in [0.1, 0.15) is 10.4 Å². The van der Waals surface area contributed by atoms with Gasteiger partial charge in [0, 0.05) is 16.6 Å². The molecule has 1 heterocycles. The van der Waals surface area contributed by atoms with Gasteiger partial charge in [-0.25, -0.2) is 4.39 Å². The van der Waals surface area contributed by atoms with E-state index in [1.807, 2.05) is 12.1 Å². The Labute approximate surface area is 144 Å². The van der Waals surface area contributed by atoms with Gasteiger partial charge in [-0.3, -0.25) is 4.79 Å². The lowest BCUT2D eigenvalue weighted by atomic mass is 10.2. The van der Waals surface area contributed by atoms with E-state index in [1.165, 1.54) is 17.4 Å². The molecule has 3 aromatic rings. The van der Waals surface area contributed by atoms with E-state index in [-0.39, 0.29) is 11.7 Å². The minimum Gasteiger partial charge on any atom is -0.310 e. The maximum atomic E-state index is 14.1. The van der Waals surface area contributed by atoms with Crippen molar-refractivity contribution in [2.24, 2.45) is 4.99 Å². The van der Waals surface area contributed by atoms with Gasteiger partial charge in [0.05, 0.1) is 10.2 Å². The average molecular weight is 391 g/mol. The highest BCUT2D eigenvalue weighted by Crippen LogP contribution is 2.20. The van der Waals surface area contributed by atoms with Crippen molar-refractivity contribution in [2.45, 2.75) is 6.54 Å². The molecule has 0 fully saturated rings.